The molecule has 0 radical (unpaired) electrons. The Morgan fingerprint density at radius 3 is 2.71 bits per heavy atom. The first-order valence-electron chi connectivity index (χ1n) is 5.33. The fourth-order valence-electron chi connectivity index (χ4n) is 1.40. The van der Waals surface area contributed by atoms with E-state index in [-0.39, 0.29) is 12.0 Å². The molecule has 3 N–H and O–H groups in total. The highest BCUT2D eigenvalue weighted by Gasteiger charge is 2.12. The summed E-state index contributed by atoms with van der Waals surface area (Å²) in [5, 5.41) is 2.75. The van der Waals surface area contributed by atoms with Crippen molar-refractivity contribution in [1.29, 1.82) is 0 Å². The highest BCUT2D eigenvalue weighted by Crippen LogP contribution is 2.09. The van der Waals surface area contributed by atoms with E-state index in [9.17, 15) is 4.79 Å². The van der Waals surface area contributed by atoms with Gasteiger partial charge in [0, 0.05) is 26.5 Å². The smallest absolute Gasteiger partial charge is 0.253 e. The predicted molar refractivity (Wildman–Crippen MR) is 65.9 cm³/mol. The van der Waals surface area contributed by atoms with Crippen molar-refractivity contribution >= 4 is 11.6 Å². The molecule has 5 nitrogen and oxygen atoms in total. The van der Waals surface area contributed by atoms with Gasteiger partial charge in [0.25, 0.3) is 5.91 Å². The summed E-state index contributed by atoms with van der Waals surface area (Å²) >= 11 is 0. The summed E-state index contributed by atoms with van der Waals surface area (Å²) in [5.74, 6) is -0.207. The molecule has 0 bridgehead atoms. The number of carbonyl (C=O) groups is 1. The number of rotatable bonds is 6. The van der Waals surface area contributed by atoms with Crippen LogP contribution in [0.4, 0.5) is 5.69 Å². The van der Waals surface area contributed by atoms with Gasteiger partial charge in [0.1, 0.15) is 0 Å². The van der Waals surface area contributed by atoms with Gasteiger partial charge in [-0.1, -0.05) is 12.1 Å². The third-order valence-electron chi connectivity index (χ3n) is 2.38. The summed E-state index contributed by atoms with van der Waals surface area (Å²) in [7, 11) is 3.16. The lowest BCUT2D eigenvalue weighted by Crippen LogP contribution is -2.35. The fourth-order valence-corrected chi connectivity index (χ4v) is 1.40. The summed E-state index contributed by atoms with van der Waals surface area (Å²) in [5.41, 5.74) is 6.64. The molecule has 0 aromatic heterocycles. The van der Waals surface area contributed by atoms with Crippen molar-refractivity contribution in [3.05, 3.63) is 29.8 Å². The molecule has 0 aliphatic rings. The molecule has 0 saturated carbocycles. The Morgan fingerprint density at radius 2 is 2.12 bits per heavy atom. The van der Waals surface area contributed by atoms with Gasteiger partial charge in [-0.3, -0.25) is 4.79 Å². The van der Waals surface area contributed by atoms with Crippen molar-refractivity contribution in [3.63, 3.8) is 0 Å². The van der Waals surface area contributed by atoms with Crippen LogP contribution < -0.4 is 11.1 Å². The van der Waals surface area contributed by atoms with Gasteiger partial charge >= 0.3 is 0 Å². The Morgan fingerprint density at radius 1 is 1.41 bits per heavy atom. The molecule has 0 spiro atoms. The topological polar surface area (TPSA) is 73.6 Å². The molecule has 1 unspecified atom stereocenters. The minimum atomic E-state index is -0.207. The number of para-hydroxylation sites is 1. The zero-order valence-electron chi connectivity index (χ0n) is 10.1. The van der Waals surface area contributed by atoms with Crippen LogP contribution in [0.2, 0.25) is 0 Å². The lowest BCUT2D eigenvalue weighted by atomic mass is 10.1. The number of anilines is 1. The Bertz CT molecular complexity index is 369. The minimum Gasteiger partial charge on any atom is -0.398 e. The zero-order chi connectivity index (χ0) is 12.7. The first-order valence-corrected chi connectivity index (χ1v) is 5.33. The van der Waals surface area contributed by atoms with E-state index < -0.39 is 0 Å². The molecule has 1 atom stereocenters. The maximum absolute atomic E-state index is 11.8. The van der Waals surface area contributed by atoms with Gasteiger partial charge in [-0.25, -0.2) is 0 Å². The van der Waals surface area contributed by atoms with E-state index in [2.05, 4.69) is 5.32 Å². The summed E-state index contributed by atoms with van der Waals surface area (Å²) in [6, 6.07) is 6.93. The van der Waals surface area contributed by atoms with Crippen LogP contribution in [-0.2, 0) is 9.47 Å². The van der Waals surface area contributed by atoms with Crippen LogP contribution in [0.3, 0.4) is 0 Å². The van der Waals surface area contributed by atoms with Crippen molar-refractivity contribution in [2.45, 2.75) is 6.10 Å². The van der Waals surface area contributed by atoms with Crippen LogP contribution in [0.15, 0.2) is 24.3 Å². The molecule has 94 valence electrons. The SMILES string of the molecule is COCC(CNC(=O)c1ccccc1N)OC. The largest absolute Gasteiger partial charge is 0.398 e. The Labute approximate surface area is 101 Å². The molecule has 5 heteroatoms. The molecule has 0 fully saturated rings. The Kier molecular flexibility index (Phi) is 5.45. The quantitative estimate of drug-likeness (QED) is 0.714. The second-order valence-corrected chi connectivity index (χ2v) is 3.61. The predicted octanol–water partition coefficient (Wildman–Crippen LogP) is 0.660. The molecule has 1 aromatic carbocycles. The van der Waals surface area contributed by atoms with E-state index >= 15 is 0 Å². The molecule has 17 heavy (non-hydrogen) atoms. The summed E-state index contributed by atoms with van der Waals surface area (Å²) in [6.45, 7) is 0.818. The molecule has 0 heterocycles. The zero-order valence-corrected chi connectivity index (χ0v) is 10.1. The third kappa shape index (κ3) is 4.05. The van der Waals surface area contributed by atoms with Gasteiger partial charge < -0.3 is 20.5 Å². The van der Waals surface area contributed by atoms with Crippen molar-refractivity contribution in [2.24, 2.45) is 0 Å². The average Bonchev–Trinajstić information content (AvgIpc) is 2.34. The molecule has 0 saturated heterocycles. The van der Waals surface area contributed by atoms with Crippen LogP contribution in [0.25, 0.3) is 0 Å². The number of nitrogens with one attached hydrogen (secondary N) is 1. The van der Waals surface area contributed by atoms with Crippen LogP contribution in [-0.4, -0.2) is 39.4 Å². The van der Waals surface area contributed by atoms with Crippen LogP contribution in [0.5, 0.6) is 0 Å². The summed E-state index contributed by atoms with van der Waals surface area (Å²) in [4.78, 5) is 11.8. The summed E-state index contributed by atoms with van der Waals surface area (Å²) in [6.07, 6.45) is -0.158. The Hall–Kier alpha value is -1.59. The van der Waals surface area contributed by atoms with Gasteiger partial charge in [-0.05, 0) is 12.1 Å². The van der Waals surface area contributed by atoms with Gasteiger partial charge in [-0.15, -0.1) is 0 Å². The molecular formula is C12H18N2O3. The van der Waals surface area contributed by atoms with Gasteiger partial charge in [-0.2, -0.15) is 0 Å². The number of hydrogen-bond donors (Lipinski definition) is 2. The fraction of sp³-hybridized carbons (Fsp3) is 0.417. The van der Waals surface area contributed by atoms with Crippen LogP contribution in [0, 0.1) is 0 Å². The average molecular weight is 238 g/mol. The highest BCUT2D eigenvalue weighted by atomic mass is 16.5. The van der Waals surface area contributed by atoms with Gasteiger partial charge in [0.2, 0.25) is 0 Å². The van der Waals surface area contributed by atoms with Crippen molar-refractivity contribution in [1.82, 2.24) is 5.32 Å². The standard InChI is InChI=1S/C12H18N2O3/c1-16-8-9(17-2)7-14-12(15)10-5-3-4-6-11(10)13/h3-6,9H,7-8,13H2,1-2H3,(H,14,15). The molecule has 1 amide bonds. The molecule has 0 aliphatic carbocycles. The van der Waals surface area contributed by atoms with E-state index in [4.69, 9.17) is 15.2 Å². The molecular weight excluding hydrogens is 220 g/mol. The third-order valence-corrected chi connectivity index (χ3v) is 2.38. The van der Waals surface area contributed by atoms with Crippen molar-refractivity contribution in [3.8, 4) is 0 Å². The minimum absolute atomic E-state index is 0.158. The van der Waals surface area contributed by atoms with Crippen LogP contribution >= 0.6 is 0 Å². The van der Waals surface area contributed by atoms with Crippen molar-refractivity contribution < 1.29 is 14.3 Å². The molecule has 0 aliphatic heterocycles. The maximum atomic E-state index is 11.8. The summed E-state index contributed by atoms with van der Waals surface area (Å²) < 4.78 is 10.1. The molecule has 1 aromatic rings. The monoisotopic (exact) mass is 238 g/mol. The normalized spacial score (nSPS) is 12.1. The number of carbonyl (C=O) groups excluding carboxylic acids is 1. The van der Waals surface area contributed by atoms with Gasteiger partial charge in [0.15, 0.2) is 0 Å². The number of nitrogen functional groups attached to an aromatic ring is 1. The van der Waals surface area contributed by atoms with E-state index in [1.807, 2.05) is 0 Å². The highest BCUT2D eigenvalue weighted by molar-refractivity contribution is 5.99. The first kappa shape index (κ1) is 13.5. The van der Waals surface area contributed by atoms with E-state index in [1.165, 1.54) is 0 Å². The number of hydrogen-bond acceptors (Lipinski definition) is 4. The number of amides is 1. The molecule has 1 rings (SSSR count). The van der Waals surface area contributed by atoms with Crippen molar-refractivity contribution in [2.75, 3.05) is 33.1 Å². The van der Waals surface area contributed by atoms with E-state index in [0.717, 1.165) is 0 Å². The number of benzene rings is 1. The Balaban J connectivity index is 2.52. The number of ether oxygens (including phenoxy) is 2. The lowest BCUT2D eigenvalue weighted by molar-refractivity contribution is 0.0285. The number of nitrogens with two attached hydrogens (primary N) is 1. The van der Waals surface area contributed by atoms with E-state index in [1.54, 1.807) is 38.5 Å². The maximum Gasteiger partial charge on any atom is 0.253 e. The van der Waals surface area contributed by atoms with Crippen LogP contribution in [0.1, 0.15) is 10.4 Å². The lowest BCUT2D eigenvalue weighted by Gasteiger charge is -2.15. The first-order chi connectivity index (χ1) is 8.19. The second-order valence-electron chi connectivity index (χ2n) is 3.61. The second kappa shape index (κ2) is 6.88. The van der Waals surface area contributed by atoms with Gasteiger partial charge in [0.05, 0.1) is 18.3 Å². The number of methoxy groups -OCH3 is 2. The van der Waals surface area contributed by atoms with E-state index in [0.29, 0.717) is 24.4 Å².